The Labute approximate surface area is 277 Å². The maximum Gasteiger partial charge on any atom is 0.410 e. The van der Waals surface area contributed by atoms with Gasteiger partial charge in [0.1, 0.15) is 17.5 Å². The first-order valence-electron chi connectivity index (χ1n) is 17.0. The van der Waals surface area contributed by atoms with E-state index in [-0.39, 0.29) is 42.5 Å². The number of allylic oxidation sites excluding steroid dienone is 1. The van der Waals surface area contributed by atoms with Gasteiger partial charge in [0.05, 0.1) is 25.7 Å². The molecule has 1 aromatic rings. The summed E-state index contributed by atoms with van der Waals surface area (Å²) in [4.78, 5) is 57.9. The molecule has 1 aliphatic carbocycles. The quantitative estimate of drug-likeness (QED) is 0.123. The van der Waals surface area contributed by atoms with Gasteiger partial charge < -0.3 is 26.0 Å². The summed E-state index contributed by atoms with van der Waals surface area (Å²) in [5, 5.41) is 7.55. The molecule has 0 aromatic heterocycles. The number of nitrogens with two attached hydrogens (primary N) is 1. The smallest absolute Gasteiger partial charge is 0.410 e. The number of benzene rings is 1. The summed E-state index contributed by atoms with van der Waals surface area (Å²) in [6, 6.07) is 4.58. The van der Waals surface area contributed by atoms with E-state index in [2.05, 4.69) is 10.6 Å². The number of carbonyl (C=O) groups excluding carboxylic acids is 4. The topological polar surface area (TPSA) is 147 Å². The van der Waals surface area contributed by atoms with Crippen molar-refractivity contribution in [3.05, 3.63) is 47.3 Å². The first-order chi connectivity index (χ1) is 22.6. The van der Waals surface area contributed by atoms with Gasteiger partial charge in [0.25, 0.3) is 0 Å². The molecule has 0 bridgehead atoms. The molecule has 4 rings (SSSR count). The number of fused-ring (bicyclic) bond motifs is 1. The Morgan fingerprint density at radius 3 is 2.72 bits per heavy atom. The lowest BCUT2D eigenvalue weighted by atomic mass is 10.1. The molecule has 3 aliphatic rings. The van der Waals surface area contributed by atoms with Gasteiger partial charge in [-0.3, -0.25) is 19.3 Å². The standard InChI is InChI=1S/C34H51FN6O6/c1-4-16-39(5-2)32(44)38-27(14-10-8-6-7-9-13-26-18-34(26,31(36)43)37-23-42)22-46-41-20-28(17-24(41)3)47-33(45)40-19-25-12-11-15-30(35)29(25)21-40/h9,11-13,15,23-24,26-28H,4-8,10,14,16-22H2,1-3H3,(H2,36,43)(H,37,42)(H,38,44)/b13-9-/t24?,26-,27+,28-,34-/m1/s1. The SMILES string of the molecule is CCCN(CC)C(=O)N[C@@H](CCCCC/C=C\[C@@H]1C[C@]1(NC=O)C(N)=O)CON1C[C@H](OC(=O)N2Cc3cccc(F)c3C2)CC1C. The van der Waals surface area contributed by atoms with Crippen LogP contribution in [0, 0.1) is 11.7 Å². The molecule has 1 unspecified atom stereocenters. The van der Waals surface area contributed by atoms with Gasteiger partial charge >= 0.3 is 12.1 Å². The lowest BCUT2D eigenvalue weighted by Crippen LogP contribution is -2.47. The molecule has 260 valence electrons. The van der Waals surface area contributed by atoms with Gasteiger partial charge in [-0.1, -0.05) is 44.1 Å². The summed E-state index contributed by atoms with van der Waals surface area (Å²) >= 11 is 0. The fraction of sp³-hybridized carbons (Fsp3) is 0.647. The van der Waals surface area contributed by atoms with E-state index >= 15 is 0 Å². The van der Waals surface area contributed by atoms with Crippen molar-refractivity contribution in [3.8, 4) is 0 Å². The van der Waals surface area contributed by atoms with E-state index in [4.69, 9.17) is 15.3 Å². The third-order valence-electron chi connectivity index (χ3n) is 9.43. The minimum atomic E-state index is -0.941. The molecule has 5 atom stereocenters. The summed E-state index contributed by atoms with van der Waals surface area (Å²) in [7, 11) is 0. The monoisotopic (exact) mass is 658 g/mol. The highest BCUT2D eigenvalue weighted by atomic mass is 19.1. The predicted molar refractivity (Wildman–Crippen MR) is 174 cm³/mol. The minimum absolute atomic E-state index is 0.0119. The molecule has 1 saturated carbocycles. The predicted octanol–water partition coefficient (Wildman–Crippen LogP) is 3.98. The van der Waals surface area contributed by atoms with E-state index < -0.39 is 17.5 Å². The Morgan fingerprint density at radius 2 is 2.02 bits per heavy atom. The zero-order valence-corrected chi connectivity index (χ0v) is 27.9. The van der Waals surface area contributed by atoms with Crippen molar-refractivity contribution >= 4 is 24.4 Å². The van der Waals surface area contributed by atoms with E-state index in [0.29, 0.717) is 57.6 Å². The second kappa shape index (κ2) is 16.9. The van der Waals surface area contributed by atoms with Crippen LogP contribution >= 0.6 is 0 Å². The van der Waals surface area contributed by atoms with Crippen LogP contribution in [0.5, 0.6) is 0 Å². The number of halogens is 1. The molecular weight excluding hydrogens is 607 g/mol. The van der Waals surface area contributed by atoms with Crippen molar-refractivity contribution in [2.75, 3.05) is 26.2 Å². The fourth-order valence-corrected chi connectivity index (χ4v) is 6.50. The molecule has 12 nitrogen and oxygen atoms in total. The number of rotatable bonds is 18. The van der Waals surface area contributed by atoms with E-state index in [1.165, 1.54) is 11.0 Å². The van der Waals surface area contributed by atoms with Gasteiger partial charge in [-0.2, -0.15) is 5.06 Å². The van der Waals surface area contributed by atoms with Gasteiger partial charge in [-0.15, -0.1) is 0 Å². The molecule has 2 aliphatic heterocycles. The van der Waals surface area contributed by atoms with Gasteiger partial charge in [0.15, 0.2) is 0 Å². The van der Waals surface area contributed by atoms with Crippen molar-refractivity contribution in [1.29, 1.82) is 0 Å². The number of urea groups is 1. The summed E-state index contributed by atoms with van der Waals surface area (Å²) in [5.41, 5.74) is 5.85. The number of ether oxygens (including phenoxy) is 1. The largest absolute Gasteiger partial charge is 0.445 e. The summed E-state index contributed by atoms with van der Waals surface area (Å²) in [5.74, 6) is -0.885. The van der Waals surface area contributed by atoms with Crippen molar-refractivity contribution < 1.29 is 33.1 Å². The number of nitrogens with zero attached hydrogens (tertiary/aromatic N) is 3. The fourth-order valence-electron chi connectivity index (χ4n) is 6.50. The first kappa shape index (κ1) is 36.1. The van der Waals surface area contributed by atoms with Crippen LogP contribution in [0.4, 0.5) is 14.0 Å². The number of hydrogen-bond acceptors (Lipinski definition) is 7. The average Bonchev–Trinajstić information content (AvgIpc) is 3.36. The molecule has 0 spiro atoms. The van der Waals surface area contributed by atoms with E-state index in [1.807, 2.05) is 44.1 Å². The van der Waals surface area contributed by atoms with E-state index in [1.54, 1.807) is 11.0 Å². The average molecular weight is 659 g/mol. The van der Waals surface area contributed by atoms with Crippen LogP contribution in [-0.2, 0) is 32.3 Å². The molecule has 47 heavy (non-hydrogen) atoms. The summed E-state index contributed by atoms with van der Waals surface area (Å²) in [6.45, 7) is 8.53. The van der Waals surface area contributed by atoms with Gasteiger partial charge in [0, 0.05) is 43.6 Å². The second-order valence-electron chi connectivity index (χ2n) is 12.9. The van der Waals surface area contributed by atoms with Crippen molar-refractivity contribution in [1.82, 2.24) is 25.5 Å². The Hall–Kier alpha value is -3.71. The van der Waals surface area contributed by atoms with Gasteiger partial charge in [-0.25, -0.2) is 14.0 Å². The first-order valence-corrected chi connectivity index (χ1v) is 17.0. The molecular formula is C34H51FN6O6. The number of unbranched alkanes of at least 4 members (excludes halogenated alkanes) is 3. The number of carbonyl (C=O) groups is 4. The minimum Gasteiger partial charge on any atom is -0.445 e. The highest BCUT2D eigenvalue weighted by Crippen LogP contribution is 2.44. The summed E-state index contributed by atoms with van der Waals surface area (Å²) in [6.07, 6.45) is 10.1. The van der Waals surface area contributed by atoms with E-state index in [0.717, 1.165) is 44.1 Å². The lowest BCUT2D eigenvalue weighted by molar-refractivity contribution is -0.173. The Bertz CT molecular complexity index is 1280. The number of amides is 5. The molecule has 2 heterocycles. The Kier molecular flexibility index (Phi) is 13.0. The van der Waals surface area contributed by atoms with Crippen molar-refractivity contribution in [2.24, 2.45) is 11.7 Å². The Morgan fingerprint density at radius 1 is 1.21 bits per heavy atom. The molecule has 2 fully saturated rings. The number of hydroxylamine groups is 2. The molecule has 13 heteroatoms. The third kappa shape index (κ3) is 9.44. The maximum atomic E-state index is 14.2. The molecule has 1 saturated heterocycles. The highest BCUT2D eigenvalue weighted by Gasteiger charge is 2.57. The van der Waals surface area contributed by atoms with Crippen molar-refractivity contribution in [3.63, 3.8) is 0 Å². The normalized spacial score (nSPS) is 24.2. The van der Waals surface area contributed by atoms with Crippen LogP contribution in [0.2, 0.25) is 0 Å². The molecule has 4 N–H and O–H groups in total. The van der Waals surface area contributed by atoms with Crippen LogP contribution in [0.15, 0.2) is 30.4 Å². The van der Waals surface area contributed by atoms with Crippen LogP contribution in [-0.4, -0.2) is 89.3 Å². The van der Waals surface area contributed by atoms with E-state index in [9.17, 15) is 23.6 Å². The van der Waals surface area contributed by atoms with Crippen molar-refractivity contribution in [2.45, 2.75) is 109 Å². The Balaban J connectivity index is 1.22. The maximum absolute atomic E-state index is 14.2. The van der Waals surface area contributed by atoms with Crippen LogP contribution in [0.1, 0.15) is 83.3 Å². The number of hydrogen-bond donors (Lipinski definition) is 3. The molecule has 1 aromatic carbocycles. The number of nitrogens with one attached hydrogen (secondary N) is 2. The molecule has 0 radical (unpaired) electrons. The zero-order valence-electron chi connectivity index (χ0n) is 27.9. The second-order valence-corrected chi connectivity index (χ2v) is 12.9. The summed E-state index contributed by atoms with van der Waals surface area (Å²) < 4.78 is 19.9. The number of primary amides is 1. The third-order valence-corrected chi connectivity index (χ3v) is 9.43. The highest BCUT2D eigenvalue weighted by molar-refractivity contribution is 5.91. The lowest BCUT2D eigenvalue weighted by Gasteiger charge is -2.28. The van der Waals surface area contributed by atoms with Crippen LogP contribution in [0.25, 0.3) is 0 Å². The van der Waals surface area contributed by atoms with Gasteiger partial charge in [0.2, 0.25) is 12.3 Å². The van der Waals surface area contributed by atoms with Crippen LogP contribution < -0.4 is 16.4 Å². The zero-order chi connectivity index (χ0) is 34.0. The molecule has 5 amide bonds. The van der Waals surface area contributed by atoms with Crippen LogP contribution in [0.3, 0.4) is 0 Å². The van der Waals surface area contributed by atoms with Gasteiger partial charge in [-0.05, 0) is 57.6 Å².